The van der Waals surface area contributed by atoms with Crippen LogP contribution in [0, 0.1) is 3.57 Å². The fourth-order valence-electron chi connectivity index (χ4n) is 1.27. The van der Waals surface area contributed by atoms with Gasteiger partial charge in [0.25, 0.3) is 5.56 Å². The highest BCUT2D eigenvalue weighted by atomic mass is 127. The highest BCUT2D eigenvalue weighted by Crippen LogP contribution is 2.18. The SMILES string of the molecule is O=c1[nH]cc(I)c(=O)[nH]1.OC[C@H]1O[C@@H](O)[C@@H](O)[C@@H]1O. The molecule has 1 aromatic rings. The smallest absolute Gasteiger partial charge is 0.325 e. The van der Waals surface area contributed by atoms with Crippen LogP contribution in [0.3, 0.4) is 0 Å². The molecule has 0 unspecified atom stereocenters. The Labute approximate surface area is 120 Å². The average molecular weight is 388 g/mol. The molecule has 6 N–H and O–H groups in total. The molecule has 0 aliphatic carbocycles. The van der Waals surface area contributed by atoms with Crippen LogP contribution in [-0.2, 0) is 4.74 Å². The van der Waals surface area contributed by atoms with Crippen molar-refractivity contribution in [2.75, 3.05) is 6.61 Å². The molecule has 4 atom stereocenters. The van der Waals surface area contributed by atoms with Crippen LogP contribution in [0.4, 0.5) is 0 Å². The van der Waals surface area contributed by atoms with Gasteiger partial charge in [0.05, 0.1) is 10.2 Å². The lowest BCUT2D eigenvalue weighted by molar-refractivity contribution is -0.132. The Morgan fingerprint density at radius 3 is 2.21 bits per heavy atom. The van der Waals surface area contributed by atoms with Crippen molar-refractivity contribution in [1.29, 1.82) is 0 Å². The Hall–Kier alpha value is -0.790. The van der Waals surface area contributed by atoms with E-state index in [0.29, 0.717) is 3.57 Å². The molecule has 1 aliphatic rings. The molecule has 0 spiro atoms. The molecule has 0 saturated carbocycles. The van der Waals surface area contributed by atoms with Gasteiger partial charge in [0, 0.05) is 6.20 Å². The molecule has 0 bridgehead atoms. The van der Waals surface area contributed by atoms with Crippen LogP contribution in [0.5, 0.6) is 0 Å². The van der Waals surface area contributed by atoms with Gasteiger partial charge in [-0.15, -0.1) is 0 Å². The zero-order valence-corrected chi connectivity index (χ0v) is 11.6. The molecule has 2 heterocycles. The van der Waals surface area contributed by atoms with Crippen LogP contribution >= 0.6 is 22.6 Å². The molecule has 108 valence electrons. The highest BCUT2D eigenvalue weighted by Gasteiger charge is 2.41. The summed E-state index contributed by atoms with van der Waals surface area (Å²) in [6, 6.07) is 0. The van der Waals surface area contributed by atoms with E-state index in [1.54, 1.807) is 0 Å². The Kier molecular flexibility index (Phi) is 6.09. The third-order valence-electron chi connectivity index (χ3n) is 2.29. The van der Waals surface area contributed by atoms with Crippen LogP contribution in [-0.4, -0.2) is 61.6 Å². The largest absolute Gasteiger partial charge is 0.394 e. The lowest BCUT2D eigenvalue weighted by atomic mass is 10.1. The third-order valence-corrected chi connectivity index (χ3v) is 3.09. The minimum absolute atomic E-state index is 0.348. The minimum Gasteiger partial charge on any atom is -0.394 e. The number of hydrogen-bond donors (Lipinski definition) is 6. The number of H-pyrrole nitrogens is 2. The van der Waals surface area contributed by atoms with Crippen molar-refractivity contribution in [3.8, 4) is 0 Å². The summed E-state index contributed by atoms with van der Waals surface area (Å²) in [5.74, 6) is 0. The molecule has 1 aromatic heterocycles. The zero-order valence-electron chi connectivity index (χ0n) is 9.49. The summed E-state index contributed by atoms with van der Waals surface area (Å²) in [5.41, 5.74) is -0.820. The number of aromatic nitrogens is 2. The van der Waals surface area contributed by atoms with Crippen molar-refractivity contribution < 1.29 is 25.2 Å². The summed E-state index contributed by atoms with van der Waals surface area (Å²) in [6.07, 6.45) is -3.39. The quantitative estimate of drug-likeness (QED) is 0.282. The molecule has 1 aliphatic heterocycles. The first-order valence-corrected chi connectivity index (χ1v) is 6.22. The lowest BCUT2D eigenvalue weighted by Gasteiger charge is -2.09. The van der Waals surface area contributed by atoms with Crippen molar-refractivity contribution in [1.82, 2.24) is 9.97 Å². The van der Waals surface area contributed by atoms with E-state index in [0.717, 1.165) is 0 Å². The van der Waals surface area contributed by atoms with E-state index in [-0.39, 0.29) is 5.56 Å². The number of aromatic amines is 2. The molecule has 0 radical (unpaired) electrons. The Balaban J connectivity index is 0.000000191. The fourth-order valence-corrected chi connectivity index (χ4v) is 1.56. The summed E-state index contributed by atoms with van der Waals surface area (Å²) in [6.45, 7) is -0.407. The number of aliphatic hydroxyl groups is 4. The van der Waals surface area contributed by atoms with Crippen LogP contribution in [0.2, 0.25) is 0 Å². The van der Waals surface area contributed by atoms with Gasteiger partial charge in [-0.2, -0.15) is 0 Å². The first-order chi connectivity index (χ1) is 8.86. The maximum Gasteiger partial charge on any atom is 0.325 e. The summed E-state index contributed by atoms with van der Waals surface area (Å²) < 4.78 is 5.02. The number of rotatable bonds is 1. The van der Waals surface area contributed by atoms with E-state index in [2.05, 4.69) is 14.7 Å². The molecule has 19 heavy (non-hydrogen) atoms. The normalized spacial score (nSPS) is 29.7. The summed E-state index contributed by atoms with van der Waals surface area (Å²) >= 11 is 1.83. The van der Waals surface area contributed by atoms with Gasteiger partial charge in [-0.25, -0.2) is 4.79 Å². The van der Waals surface area contributed by atoms with Crippen molar-refractivity contribution in [3.63, 3.8) is 0 Å². The standard InChI is InChI=1S/C5H10O5.C4H3IN2O2/c6-1-2-3(7)4(8)5(9)10-2;5-2-1-6-4(9)7-3(2)8/h2-9H,1H2;1H,(H2,6,7,8,9)/t2-,3-,4+,5-;/m1./s1. The van der Waals surface area contributed by atoms with E-state index >= 15 is 0 Å². The predicted octanol–water partition coefficient (Wildman–Crippen LogP) is -2.91. The van der Waals surface area contributed by atoms with Crippen molar-refractivity contribution in [2.45, 2.75) is 24.6 Å². The first-order valence-electron chi connectivity index (χ1n) is 5.15. The van der Waals surface area contributed by atoms with Gasteiger partial charge >= 0.3 is 5.69 Å². The average Bonchev–Trinajstić information content (AvgIpc) is 2.62. The second-order valence-electron chi connectivity index (χ2n) is 3.65. The van der Waals surface area contributed by atoms with Crippen LogP contribution in [0.15, 0.2) is 15.8 Å². The molecule has 2 rings (SSSR count). The summed E-state index contributed by atoms with van der Waals surface area (Å²) in [5, 5.41) is 35.0. The number of ether oxygens (including phenoxy) is 1. The monoisotopic (exact) mass is 388 g/mol. The molecule has 1 saturated heterocycles. The summed E-state index contributed by atoms with van der Waals surface area (Å²) in [4.78, 5) is 25.3. The van der Waals surface area contributed by atoms with E-state index in [4.69, 9.17) is 20.4 Å². The predicted molar refractivity (Wildman–Crippen MR) is 70.4 cm³/mol. The van der Waals surface area contributed by atoms with E-state index in [1.807, 2.05) is 22.6 Å². The topological polar surface area (TPSA) is 156 Å². The van der Waals surface area contributed by atoms with Gasteiger partial charge in [0.15, 0.2) is 6.29 Å². The van der Waals surface area contributed by atoms with Crippen molar-refractivity contribution in [2.24, 2.45) is 0 Å². The maximum absolute atomic E-state index is 10.6. The third kappa shape index (κ3) is 4.36. The molecule has 0 aromatic carbocycles. The van der Waals surface area contributed by atoms with Gasteiger partial charge in [0.2, 0.25) is 0 Å². The van der Waals surface area contributed by atoms with Gasteiger partial charge < -0.3 is 30.1 Å². The number of hydrogen-bond acceptors (Lipinski definition) is 7. The molecule has 10 heteroatoms. The molecular weight excluding hydrogens is 375 g/mol. The second kappa shape index (κ2) is 7.12. The van der Waals surface area contributed by atoms with E-state index in [9.17, 15) is 9.59 Å². The van der Waals surface area contributed by atoms with Crippen LogP contribution in [0.25, 0.3) is 0 Å². The Morgan fingerprint density at radius 1 is 1.26 bits per heavy atom. The second-order valence-corrected chi connectivity index (χ2v) is 4.81. The van der Waals surface area contributed by atoms with E-state index in [1.165, 1.54) is 6.20 Å². The maximum atomic E-state index is 10.6. The molecule has 9 nitrogen and oxygen atoms in total. The van der Waals surface area contributed by atoms with Gasteiger partial charge in [-0.05, 0) is 22.6 Å². The van der Waals surface area contributed by atoms with Crippen molar-refractivity contribution in [3.05, 3.63) is 30.6 Å². The molecular formula is C9H13IN2O7. The van der Waals surface area contributed by atoms with Gasteiger partial charge in [0.1, 0.15) is 18.3 Å². The molecule has 1 fully saturated rings. The number of nitrogens with one attached hydrogen (secondary N) is 2. The lowest BCUT2D eigenvalue weighted by Crippen LogP contribution is -2.33. The van der Waals surface area contributed by atoms with Crippen LogP contribution in [0.1, 0.15) is 0 Å². The van der Waals surface area contributed by atoms with E-state index < -0.39 is 36.9 Å². The van der Waals surface area contributed by atoms with Crippen LogP contribution < -0.4 is 11.2 Å². The number of aliphatic hydroxyl groups excluding tert-OH is 4. The zero-order chi connectivity index (χ0) is 14.6. The minimum atomic E-state index is -1.38. The fraction of sp³-hybridized carbons (Fsp3) is 0.556. The molecule has 0 amide bonds. The van der Waals surface area contributed by atoms with Crippen molar-refractivity contribution >= 4 is 22.6 Å². The Bertz CT molecular complexity index is 516. The van der Waals surface area contributed by atoms with Gasteiger partial charge in [-0.1, -0.05) is 0 Å². The Morgan fingerprint density at radius 2 is 1.89 bits per heavy atom. The van der Waals surface area contributed by atoms with Gasteiger partial charge in [-0.3, -0.25) is 9.78 Å². The number of halogens is 1. The summed E-state index contributed by atoms with van der Waals surface area (Å²) in [7, 11) is 0. The first kappa shape index (κ1) is 16.3. The highest BCUT2D eigenvalue weighted by molar-refractivity contribution is 14.1.